The maximum Gasteiger partial charge on any atom is 0.307 e. The number of hydrogen-bond acceptors (Lipinski definition) is 4. The molecule has 39 heavy (non-hydrogen) atoms. The average molecular weight is 531 g/mol. The molecule has 0 spiro atoms. The number of halogens is 2. The first kappa shape index (κ1) is 26.7. The summed E-state index contributed by atoms with van der Waals surface area (Å²) >= 11 is 0. The molecule has 0 saturated carbocycles. The normalized spacial score (nSPS) is 14.3. The first-order chi connectivity index (χ1) is 18.9. The molecular formula is C31H32F2N4O2. The predicted molar refractivity (Wildman–Crippen MR) is 148 cm³/mol. The van der Waals surface area contributed by atoms with Gasteiger partial charge in [-0.25, -0.2) is 9.07 Å². The van der Waals surface area contributed by atoms with Crippen molar-refractivity contribution >= 4 is 5.69 Å². The van der Waals surface area contributed by atoms with Crippen LogP contribution in [0.1, 0.15) is 61.2 Å². The fourth-order valence-electron chi connectivity index (χ4n) is 5.82. The quantitative estimate of drug-likeness (QED) is 0.176. The Hall–Kier alpha value is -3.91. The number of aromatic nitrogens is 2. The Morgan fingerprint density at radius 2 is 1.67 bits per heavy atom. The van der Waals surface area contributed by atoms with Crippen molar-refractivity contribution in [1.29, 1.82) is 0 Å². The first-order valence-corrected chi connectivity index (χ1v) is 13.5. The highest BCUT2D eigenvalue weighted by molar-refractivity contribution is 5.71. The molecule has 1 aromatic heterocycles. The van der Waals surface area contributed by atoms with Crippen molar-refractivity contribution in [3.63, 3.8) is 0 Å². The molecule has 0 saturated heterocycles. The summed E-state index contributed by atoms with van der Waals surface area (Å²) in [6.07, 6.45) is 3.03. The summed E-state index contributed by atoms with van der Waals surface area (Å²) in [5, 5.41) is 16.3. The van der Waals surface area contributed by atoms with Crippen molar-refractivity contribution in [3.05, 3.63) is 110 Å². The van der Waals surface area contributed by atoms with Gasteiger partial charge in [0.25, 0.3) is 0 Å². The lowest BCUT2D eigenvalue weighted by Crippen LogP contribution is -2.34. The summed E-state index contributed by atoms with van der Waals surface area (Å²) in [6, 6.07) is 18.1. The second-order valence-corrected chi connectivity index (χ2v) is 9.91. The molecule has 0 fully saturated rings. The molecule has 6 nitrogen and oxygen atoms in total. The van der Waals surface area contributed by atoms with Crippen LogP contribution in [0.25, 0.3) is 16.9 Å². The van der Waals surface area contributed by atoms with Gasteiger partial charge in [0.05, 0.1) is 28.1 Å². The van der Waals surface area contributed by atoms with E-state index in [4.69, 9.17) is 5.10 Å². The summed E-state index contributed by atoms with van der Waals surface area (Å²) in [6.45, 7) is 7.55. The lowest BCUT2D eigenvalue weighted by atomic mass is 9.95. The van der Waals surface area contributed by atoms with Gasteiger partial charge in [-0.3, -0.25) is 15.0 Å². The third-order valence-electron chi connectivity index (χ3n) is 7.74. The van der Waals surface area contributed by atoms with E-state index in [-0.39, 0.29) is 11.6 Å². The van der Waals surface area contributed by atoms with E-state index in [0.29, 0.717) is 24.7 Å². The van der Waals surface area contributed by atoms with E-state index in [0.717, 1.165) is 59.9 Å². The van der Waals surface area contributed by atoms with Gasteiger partial charge in [0.15, 0.2) is 0 Å². The predicted octanol–water partition coefficient (Wildman–Crippen LogP) is 7.36. The minimum atomic E-state index is -1.07. The molecule has 0 amide bonds. The zero-order chi connectivity index (χ0) is 27.7. The largest absolute Gasteiger partial charge is 0.307 e. The van der Waals surface area contributed by atoms with Crippen molar-refractivity contribution in [3.8, 4) is 16.9 Å². The van der Waals surface area contributed by atoms with Crippen LogP contribution in [0.5, 0.6) is 0 Å². The number of nitro groups is 1. The Morgan fingerprint density at radius 1 is 0.974 bits per heavy atom. The van der Waals surface area contributed by atoms with Crippen LogP contribution in [0, 0.1) is 21.7 Å². The van der Waals surface area contributed by atoms with Crippen molar-refractivity contribution in [2.45, 2.75) is 59.0 Å². The monoisotopic (exact) mass is 530 g/mol. The van der Waals surface area contributed by atoms with Crippen LogP contribution in [0.2, 0.25) is 0 Å². The lowest BCUT2D eigenvalue weighted by molar-refractivity contribution is -0.387. The van der Waals surface area contributed by atoms with Crippen LogP contribution in [0.15, 0.2) is 60.7 Å². The number of rotatable bonds is 8. The lowest BCUT2D eigenvalue weighted by Gasteiger charge is -2.34. The highest BCUT2D eigenvalue weighted by Gasteiger charge is 2.32. The highest BCUT2D eigenvalue weighted by atomic mass is 19.1. The Bertz CT molecular complexity index is 1490. The van der Waals surface area contributed by atoms with Crippen LogP contribution in [-0.4, -0.2) is 26.1 Å². The Morgan fingerprint density at radius 3 is 2.28 bits per heavy atom. The molecule has 2 heterocycles. The molecule has 3 aromatic carbocycles. The van der Waals surface area contributed by atoms with Crippen molar-refractivity contribution in [2.75, 3.05) is 6.54 Å². The van der Waals surface area contributed by atoms with Gasteiger partial charge in [0.2, 0.25) is 5.82 Å². The van der Waals surface area contributed by atoms with Gasteiger partial charge >= 0.3 is 5.69 Å². The molecule has 0 bridgehead atoms. The number of para-hydroxylation sites is 1. The summed E-state index contributed by atoms with van der Waals surface area (Å²) < 4.78 is 32.4. The van der Waals surface area contributed by atoms with E-state index in [1.165, 1.54) is 5.56 Å². The fraction of sp³-hybridized carbons (Fsp3) is 0.323. The van der Waals surface area contributed by atoms with E-state index in [9.17, 15) is 14.5 Å². The molecule has 8 heteroatoms. The summed E-state index contributed by atoms with van der Waals surface area (Å²) in [5.74, 6) is -1.91. The van der Waals surface area contributed by atoms with Crippen LogP contribution >= 0.6 is 0 Å². The SMILES string of the molecule is CCc1cccc(CC)c1-n1nc2c(c1-c1cc(F)c([N+](=O)[O-])cc1F)CN(C(CC)c1ccccc1)CC2. The van der Waals surface area contributed by atoms with Crippen LogP contribution in [-0.2, 0) is 25.8 Å². The molecule has 0 N–H and O–H groups in total. The van der Waals surface area contributed by atoms with E-state index >= 15 is 4.39 Å². The molecule has 5 rings (SSSR count). The van der Waals surface area contributed by atoms with Crippen molar-refractivity contribution in [1.82, 2.24) is 14.7 Å². The number of fused-ring (bicyclic) bond motifs is 1. The number of aryl methyl sites for hydroxylation is 2. The molecule has 0 aliphatic carbocycles. The molecule has 4 aromatic rings. The first-order valence-electron chi connectivity index (χ1n) is 13.5. The Labute approximate surface area is 227 Å². The third kappa shape index (κ3) is 4.85. The van der Waals surface area contributed by atoms with Gasteiger partial charge in [-0.2, -0.15) is 9.49 Å². The van der Waals surface area contributed by atoms with Crippen molar-refractivity contribution < 1.29 is 13.7 Å². The molecule has 0 radical (unpaired) electrons. The van der Waals surface area contributed by atoms with Gasteiger partial charge in [-0.05, 0) is 42.0 Å². The molecule has 202 valence electrons. The van der Waals surface area contributed by atoms with Gasteiger partial charge in [0.1, 0.15) is 5.82 Å². The van der Waals surface area contributed by atoms with Gasteiger partial charge in [-0.15, -0.1) is 0 Å². The topological polar surface area (TPSA) is 64.2 Å². The summed E-state index contributed by atoms with van der Waals surface area (Å²) in [7, 11) is 0. The van der Waals surface area contributed by atoms with Gasteiger partial charge in [-0.1, -0.05) is 69.3 Å². The third-order valence-corrected chi connectivity index (χ3v) is 7.74. The number of nitrogens with zero attached hydrogens (tertiary/aromatic N) is 4. The second kappa shape index (κ2) is 11.1. The van der Waals surface area contributed by atoms with Gasteiger partial charge < -0.3 is 0 Å². The smallest absolute Gasteiger partial charge is 0.292 e. The summed E-state index contributed by atoms with van der Waals surface area (Å²) in [5.41, 5.74) is 5.40. The maximum atomic E-state index is 15.6. The number of nitro benzene ring substituents is 1. The zero-order valence-corrected chi connectivity index (χ0v) is 22.5. The molecule has 1 unspecified atom stereocenters. The molecule has 1 aliphatic rings. The minimum absolute atomic E-state index is 0.0191. The standard InChI is InChI=1S/C31H32F2N4O2/c1-4-20-13-10-14-21(5-2)30(20)36-31(23-17-26(33)29(37(38)39)18-25(23)32)24-19-35(16-15-27(24)34-36)28(6-3)22-11-8-7-9-12-22/h7-14,17-18,28H,4-6,15-16,19H2,1-3H3. The van der Waals surface area contributed by atoms with Crippen LogP contribution in [0.4, 0.5) is 14.5 Å². The Balaban J connectivity index is 1.74. The van der Waals surface area contributed by atoms with E-state index in [1.54, 1.807) is 4.68 Å². The molecule has 1 atom stereocenters. The van der Waals surface area contributed by atoms with E-state index in [1.807, 2.05) is 36.4 Å². The average Bonchev–Trinajstić information content (AvgIpc) is 3.32. The van der Waals surface area contributed by atoms with Crippen LogP contribution in [0.3, 0.4) is 0 Å². The highest BCUT2D eigenvalue weighted by Crippen LogP contribution is 2.40. The van der Waals surface area contributed by atoms with Crippen molar-refractivity contribution in [2.24, 2.45) is 0 Å². The van der Waals surface area contributed by atoms with E-state index < -0.39 is 22.2 Å². The minimum Gasteiger partial charge on any atom is -0.292 e. The number of hydrogen-bond donors (Lipinski definition) is 0. The zero-order valence-electron chi connectivity index (χ0n) is 22.5. The fourth-order valence-corrected chi connectivity index (χ4v) is 5.82. The summed E-state index contributed by atoms with van der Waals surface area (Å²) in [4.78, 5) is 12.8. The Kier molecular flexibility index (Phi) is 7.57. The number of benzene rings is 3. The van der Waals surface area contributed by atoms with E-state index in [2.05, 4.69) is 37.8 Å². The maximum absolute atomic E-state index is 15.6. The van der Waals surface area contributed by atoms with Gasteiger partial charge in [0, 0.05) is 36.7 Å². The second-order valence-electron chi connectivity index (χ2n) is 9.91. The molecule has 1 aliphatic heterocycles. The van der Waals surface area contributed by atoms with Crippen LogP contribution < -0.4 is 0 Å². The molecular weight excluding hydrogens is 498 g/mol.